The summed E-state index contributed by atoms with van der Waals surface area (Å²) in [5, 5.41) is 3.40. The predicted molar refractivity (Wildman–Crippen MR) is 109 cm³/mol. The molecular weight excluding hydrogens is 391 g/mol. The smallest absolute Gasteiger partial charge is 0.244 e. The standard InChI is InChI=1S/C19H20Cl2N2O2S/c1-2-23(18(25)11-12-26-14-7-4-3-5-8-14)13-17(24)22-19-15(20)9-6-10-16(19)21/h3-10H,2,11-13H2,1H3,(H,22,24). The quantitative estimate of drug-likeness (QED) is 0.625. The highest BCUT2D eigenvalue weighted by Gasteiger charge is 2.17. The highest BCUT2D eigenvalue weighted by Crippen LogP contribution is 2.29. The molecule has 0 bridgehead atoms. The molecule has 2 rings (SSSR count). The Morgan fingerprint density at radius 1 is 1.04 bits per heavy atom. The van der Waals surface area contributed by atoms with Crippen LogP contribution >= 0.6 is 35.0 Å². The van der Waals surface area contributed by atoms with Crippen molar-refractivity contribution in [3.05, 3.63) is 58.6 Å². The van der Waals surface area contributed by atoms with Crippen molar-refractivity contribution >= 4 is 52.5 Å². The SMILES string of the molecule is CCN(CC(=O)Nc1c(Cl)cccc1Cl)C(=O)CCSc1ccccc1. The molecule has 26 heavy (non-hydrogen) atoms. The summed E-state index contributed by atoms with van der Waals surface area (Å²) < 4.78 is 0. The number of amides is 2. The van der Waals surface area contributed by atoms with Gasteiger partial charge in [0.05, 0.1) is 22.3 Å². The van der Waals surface area contributed by atoms with Gasteiger partial charge in [0.1, 0.15) is 0 Å². The van der Waals surface area contributed by atoms with Gasteiger partial charge >= 0.3 is 0 Å². The second-order valence-corrected chi connectivity index (χ2v) is 7.45. The first-order chi connectivity index (χ1) is 12.5. The minimum Gasteiger partial charge on any atom is -0.334 e. The van der Waals surface area contributed by atoms with Crippen molar-refractivity contribution in [2.75, 3.05) is 24.2 Å². The third kappa shape index (κ3) is 6.24. The van der Waals surface area contributed by atoms with E-state index < -0.39 is 0 Å². The van der Waals surface area contributed by atoms with Crippen LogP contribution in [0.1, 0.15) is 13.3 Å². The summed E-state index contributed by atoms with van der Waals surface area (Å²) in [5.74, 6) is 0.277. The molecule has 0 fully saturated rings. The van der Waals surface area contributed by atoms with Gasteiger partial charge in [0.2, 0.25) is 11.8 Å². The highest BCUT2D eigenvalue weighted by atomic mass is 35.5. The van der Waals surface area contributed by atoms with Gasteiger partial charge in [-0.15, -0.1) is 11.8 Å². The number of halogens is 2. The fourth-order valence-corrected chi connectivity index (χ4v) is 3.63. The summed E-state index contributed by atoms with van der Waals surface area (Å²) in [7, 11) is 0. The Kier molecular flexibility index (Phi) is 8.29. The number of nitrogens with zero attached hydrogens (tertiary/aromatic N) is 1. The van der Waals surface area contributed by atoms with E-state index in [9.17, 15) is 9.59 Å². The molecule has 0 aromatic heterocycles. The van der Waals surface area contributed by atoms with Gasteiger partial charge in [0, 0.05) is 23.6 Å². The van der Waals surface area contributed by atoms with Gasteiger partial charge in [-0.3, -0.25) is 9.59 Å². The number of benzene rings is 2. The van der Waals surface area contributed by atoms with Gasteiger partial charge < -0.3 is 10.2 Å². The summed E-state index contributed by atoms with van der Waals surface area (Å²) >= 11 is 13.7. The minimum atomic E-state index is -0.328. The van der Waals surface area contributed by atoms with E-state index in [1.807, 2.05) is 37.3 Å². The summed E-state index contributed by atoms with van der Waals surface area (Å²) in [6.45, 7) is 2.27. The molecule has 1 N–H and O–H groups in total. The molecule has 7 heteroatoms. The maximum absolute atomic E-state index is 12.4. The number of carbonyl (C=O) groups excluding carboxylic acids is 2. The predicted octanol–water partition coefficient (Wildman–Crippen LogP) is 4.96. The maximum atomic E-state index is 12.4. The number of likely N-dealkylation sites (N-methyl/N-ethyl adjacent to an activating group) is 1. The molecule has 4 nitrogen and oxygen atoms in total. The lowest BCUT2D eigenvalue weighted by Gasteiger charge is -2.20. The minimum absolute atomic E-state index is 0.0348. The van der Waals surface area contributed by atoms with Crippen molar-refractivity contribution < 1.29 is 9.59 Å². The van der Waals surface area contributed by atoms with Gasteiger partial charge in [0.25, 0.3) is 0 Å². The molecule has 0 saturated carbocycles. The first kappa shape index (κ1) is 20.6. The lowest BCUT2D eigenvalue weighted by Crippen LogP contribution is -2.38. The van der Waals surface area contributed by atoms with E-state index in [-0.39, 0.29) is 18.4 Å². The molecule has 0 aliphatic rings. The van der Waals surface area contributed by atoms with Crippen molar-refractivity contribution in [2.24, 2.45) is 0 Å². The van der Waals surface area contributed by atoms with Crippen LogP contribution in [0.5, 0.6) is 0 Å². The number of nitrogens with one attached hydrogen (secondary N) is 1. The molecule has 138 valence electrons. The molecule has 0 saturated heterocycles. The van der Waals surface area contributed by atoms with Gasteiger partial charge in [0.15, 0.2) is 0 Å². The van der Waals surface area contributed by atoms with Crippen LogP contribution in [0.4, 0.5) is 5.69 Å². The largest absolute Gasteiger partial charge is 0.334 e. The Hall–Kier alpha value is -1.69. The normalized spacial score (nSPS) is 10.4. The fraction of sp³-hybridized carbons (Fsp3) is 0.263. The van der Waals surface area contributed by atoms with Crippen LogP contribution in [0.3, 0.4) is 0 Å². The monoisotopic (exact) mass is 410 g/mol. The lowest BCUT2D eigenvalue weighted by molar-refractivity contribution is -0.134. The molecule has 0 unspecified atom stereocenters. The zero-order chi connectivity index (χ0) is 18.9. The van der Waals surface area contributed by atoms with Crippen molar-refractivity contribution in [3.8, 4) is 0 Å². The van der Waals surface area contributed by atoms with Gasteiger partial charge in [-0.1, -0.05) is 47.5 Å². The van der Waals surface area contributed by atoms with Gasteiger partial charge in [-0.25, -0.2) is 0 Å². The summed E-state index contributed by atoms with van der Waals surface area (Å²) in [5.41, 5.74) is 0.365. The van der Waals surface area contributed by atoms with Crippen LogP contribution in [-0.2, 0) is 9.59 Å². The van der Waals surface area contributed by atoms with E-state index in [2.05, 4.69) is 5.32 Å². The second kappa shape index (κ2) is 10.5. The first-order valence-corrected chi connectivity index (χ1v) is 9.95. The van der Waals surface area contributed by atoms with Crippen LogP contribution < -0.4 is 5.32 Å². The van der Waals surface area contributed by atoms with E-state index in [4.69, 9.17) is 23.2 Å². The van der Waals surface area contributed by atoms with E-state index in [1.54, 1.807) is 30.0 Å². The molecule has 0 heterocycles. The number of anilines is 1. The van der Waals surface area contributed by atoms with Crippen molar-refractivity contribution in [1.29, 1.82) is 0 Å². The number of para-hydroxylation sites is 1. The number of hydrogen-bond donors (Lipinski definition) is 1. The summed E-state index contributed by atoms with van der Waals surface area (Å²) in [4.78, 5) is 27.3. The Morgan fingerprint density at radius 2 is 1.69 bits per heavy atom. The topological polar surface area (TPSA) is 49.4 Å². The third-order valence-corrected chi connectivity index (χ3v) is 5.27. The van der Waals surface area contributed by atoms with Crippen LogP contribution in [0, 0.1) is 0 Å². The van der Waals surface area contributed by atoms with Gasteiger partial charge in [-0.05, 0) is 31.2 Å². The highest BCUT2D eigenvalue weighted by molar-refractivity contribution is 7.99. The van der Waals surface area contributed by atoms with Crippen molar-refractivity contribution in [2.45, 2.75) is 18.2 Å². The molecule has 0 atom stereocenters. The van der Waals surface area contributed by atoms with E-state index in [0.29, 0.717) is 34.5 Å². The zero-order valence-electron chi connectivity index (χ0n) is 14.4. The molecule has 0 aliphatic heterocycles. The summed E-state index contributed by atoms with van der Waals surface area (Å²) in [6.07, 6.45) is 0.369. The Bertz CT molecular complexity index is 736. The average Bonchev–Trinajstić information content (AvgIpc) is 2.63. The van der Waals surface area contributed by atoms with E-state index in [1.165, 1.54) is 4.90 Å². The molecule has 0 aliphatic carbocycles. The Balaban J connectivity index is 1.85. The molecular formula is C19H20Cl2N2O2S. The van der Waals surface area contributed by atoms with Gasteiger partial charge in [-0.2, -0.15) is 0 Å². The van der Waals surface area contributed by atoms with Crippen LogP contribution in [0.2, 0.25) is 10.0 Å². The number of carbonyl (C=O) groups is 2. The van der Waals surface area contributed by atoms with E-state index >= 15 is 0 Å². The van der Waals surface area contributed by atoms with E-state index in [0.717, 1.165) is 4.90 Å². The molecule has 2 aromatic carbocycles. The molecule has 2 amide bonds. The number of rotatable bonds is 8. The van der Waals surface area contributed by atoms with Crippen LogP contribution in [0.15, 0.2) is 53.4 Å². The summed E-state index contributed by atoms with van der Waals surface area (Å²) in [6, 6.07) is 14.9. The third-order valence-electron chi connectivity index (χ3n) is 3.62. The second-order valence-electron chi connectivity index (χ2n) is 5.46. The fourth-order valence-electron chi connectivity index (χ4n) is 2.28. The Labute approximate surface area is 167 Å². The van der Waals surface area contributed by atoms with Crippen LogP contribution in [0.25, 0.3) is 0 Å². The number of hydrogen-bond acceptors (Lipinski definition) is 3. The zero-order valence-corrected chi connectivity index (χ0v) is 16.7. The van der Waals surface area contributed by atoms with Crippen LogP contribution in [-0.4, -0.2) is 35.6 Å². The molecule has 0 radical (unpaired) electrons. The molecule has 0 spiro atoms. The van der Waals surface area contributed by atoms with Crippen molar-refractivity contribution in [1.82, 2.24) is 4.90 Å². The molecule has 2 aromatic rings. The average molecular weight is 411 g/mol. The lowest BCUT2D eigenvalue weighted by atomic mass is 10.3. The Morgan fingerprint density at radius 3 is 2.31 bits per heavy atom. The number of thioether (sulfide) groups is 1. The first-order valence-electron chi connectivity index (χ1n) is 8.20. The van der Waals surface area contributed by atoms with Crippen molar-refractivity contribution in [3.63, 3.8) is 0 Å². The maximum Gasteiger partial charge on any atom is 0.244 e.